The average Bonchev–Trinajstić information content (AvgIpc) is 2.99. The number of nitrogens with zero attached hydrogens (tertiary/aromatic N) is 1. The molecule has 0 aliphatic heterocycles. The Balaban J connectivity index is 1.62. The number of nitrogens with one attached hydrogen (secondary N) is 2. The molecule has 0 aliphatic carbocycles. The predicted octanol–water partition coefficient (Wildman–Crippen LogP) is 2.64. The maximum Gasteiger partial charge on any atom is 0.174 e. The Morgan fingerprint density at radius 3 is 3.00 bits per heavy atom. The van der Waals surface area contributed by atoms with E-state index in [0.29, 0.717) is 13.0 Å². The number of carbonyl (C=O) groups is 1. The van der Waals surface area contributed by atoms with Crippen molar-refractivity contribution in [3.63, 3.8) is 0 Å². The topological polar surface area (TPSA) is 57.8 Å². The minimum Gasteiger partial charge on any atom is -0.348 e. The third-order valence-corrected chi connectivity index (χ3v) is 4.17. The Bertz CT molecular complexity index is 495. The summed E-state index contributed by atoms with van der Waals surface area (Å²) in [6.07, 6.45) is 4.93. The molecule has 0 saturated carbocycles. The monoisotopic (exact) mass is 327 g/mol. The van der Waals surface area contributed by atoms with E-state index in [1.165, 1.54) is 11.3 Å². The van der Waals surface area contributed by atoms with E-state index in [4.69, 9.17) is 0 Å². The summed E-state index contributed by atoms with van der Waals surface area (Å²) in [5.74, 6) is 0.194. The van der Waals surface area contributed by atoms with E-state index in [2.05, 4.69) is 31.2 Å². The average molecular weight is 328 g/mol. The SMILES string of the molecule is O=C(CCNCCc1cnc[nH]1)c1ccc(Br)s1. The fourth-order valence-electron chi connectivity index (χ4n) is 1.56. The van der Waals surface area contributed by atoms with Crippen LogP contribution in [-0.2, 0) is 6.42 Å². The van der Waals surface area contributed by atoms with Gasteiger partial charge in [-0.05, 0) is 28.1 Å². The summed E-state index contributed by atoms with van der Waals surface area (Å²) in [7, 11) is 0. The van der Waals surface area contributed by atoms with E-state index in [9.17, 15) is 4.79 Å². The number of aromatic nitrogens is 2. The number of carbonyl (C=O) groups excluding carboxylic acids is 1. The van der Waals surface area contributed by atoms with Gasteiger partial charge in [0.1, 0.15) is 0 Å². The van der Waals surface area contributed by atoms with Gasteiger partial charge in [0.05, 0.1) is 15.0 Å². The van der Waals surface area contributed by atoms with Crippen molar-refractivity contribution < 1.29 is 4.79 Å². The highest BCUT2D eigenvalue weighted by molar-refractivity contribution is 9.11. The van der Waals surface area contributed by atoms with E-state index in [0.717, 1.165) is 27.3 Å². The highest BCUT2D eigenvalue weighted by Crippen LogP contribution is 2.22. The van der Waals surface area contributed by atoms with Gasteiger partial charge in [0.25, 0.3) is 0 Å². The van der Waals surface area contributed by atoms with Crippen molar-refractivity contribution in [1.82, 2.24) is 15.3 Å². The van der Waals surface area contributed by atoms with E-state index < -0.39 is 0 Å². The Morgan fingerprint density at radius 1 is 1.44 bits per heavy atom. The number of imidazole rings is 1. The van der Waals surface area contributed by atoms with Crippen molar-refractivity contribution >= 4 is 33.0 Å². The van der Waals surface area contributed by atoms with Gasteiger partial charge < -0.3 is 10.3 Å². The first-order valence-electron chi connectivity index (χ1n) is 5.72. The molecule has 4 nitrogen and oxygen atoms in total. The number of aromatic amines is 1. The van der Waals surface area contributed by atoms with Gasteiger partial charge in [-0.25, -0.2) is 4.98 Å². The molecule has 0 bridgehead atoms. The number of ketones is 1. The van der Waals surface area contributed by atoms with E-state index in [-0.39, 0.29) is 5.78 Å². The van der Waals surface area contributed by atoms with Crippen LogP contribution >= 0.6 is 27.3 Å². The normalized spacial score (nSPS) is 10.7. The van der Waals surface area contributed by atoms with Crippen LogP contribution in [-0.4, -0.2) is 28.8 Å². The molecule has 0 radical (unpaired) electrons. The van der Waals surface area contributed by atoms with Crippen molar-refractivity contribution in [2.45, 2.75) is 12.8 Å². The lowest BCUT2D eigenvalue weighted by Crippen LogP contribution is -2.20. The number of hydrogen-bond acceptors (Lipinski definition) is 4. The Morgan fingerprint density at radius 2 is 2.33 bits per heavy atom. The second-order valence-corrected chi connectivity index (χ2v) is 6.32. The standard InChI is InChI=1S/C12H14BrN3OS/c13-12-2-1-11(18-12)10(17)4-6-14-5-3-9-7-15-8-16-9/h1-2,7-8,14H,3-6H2,(H,15,16). The maximum atomic E-state index is 11.8. The fourth-order valence-corrected chi connectivity index (χ4v) is 2.91. The van der Waals surface area contributed by atoms with Gasteiger partial charge in [-0.15, -0.1) is 11.3 Å². The van der Waals surface area contributed by atoms with Crippen LogP contribution < -0.4 is 5.32 Å². The molecule has 2 N–H and O–H groups in total. The zero-order valence-corrected chi connectivity index (χ0v) is 12.2. The van der Waals surface area contributed by atoms with E-state index in [1.807, 2.05) is 18.3 Å². The molecule has 2 aromatic rings. The summed E-state index contributed by atoms with van der Waals surface area (Å²) in [4.78, 5) is 19.6. The number of H-pyrrole nitrogens is 1. The van der Waals surface area contributed by atoms with Crippen LogP contribution in [0.4, 0.5) is 0 Å². The van der Waals surface area contributed by atoms with Crippen molar-refractivity contribution in [3.05, 3.63) is 39.0 Å². The number of Topliss-reactive ketones (excluding diaryl/α,β-unsaturated/α-hetero) is 1. The molecule has 96 valence electrons. The summed E-state index contributed by atoms with van der Waals surface area (Å²) < 4.78 is 0.998. The predicted molar refractivity (Wildman–Crippen MR) is 76.1 cm³/mol. The Hall–Kier alpha value is -0.980. The van der Waals surface area contributed by atoms with Crippen LogP contribution in [0.5, 0.6) is 0 Å². The largest absolute Gasteiger partial charge is 0.348 e. The highest BCUT2D eigenvalue weighted by Gasteiger charge is 2.07. The molecule has 0 fully saturated rings. The van der Waals surface area contributed by atoms with Gasteiger partial charge in [-0.2, -0.15) is 0 Å². The van der Waals surface area contributed by atoms with Crippen molar-refractivity contribution in [2.75, 3.05) is 13.1 Å². The van der Waals surface area contributed by atoms with Crippen LogP contribution in [0.25, 0.3) is 0 Å². The second-order valence-electron chi connectivity index (χ2n) is 3.85. The molecule has 0 spiro atoms. The summed E-state index contributed by atoms with van der Waals surface area (Å²) >= 11 is 4.84. The molecule has 6 heteroatoms. The second kappa shape index (κ2) is 6.82. The number of hydrogen-bond donors (Lipinski definition) is 2. The molecule has 0 atom stereocenters. The van der Waals surface area contributed by atoms with Gasteiger partial charge >= 0.3 is 0 Å². The number of thiophene rings is 1. The van der Waals surface area contributed by atoms with E-state index in [1.54, 1.807) is 6.33 Å². The van der Waals surface area contributed by atoms with E-state index >= 15 is 0 Å². The summed E-state index contributed by atoms with van der Waals surface area (Å²) in [6.45, 7) is 1.56. The molecule has 2 heterocycles. The van der Waals surface area contributed by atoms with Crippen LogP contribution in [0.3, 0.4) is 0 Å². The lowest BCUT2D eigenvalue weighted by atomic mass is 10.2. The van der Waals surface area contributed by atoms with Gasteiger partial charge in [0, 0.05) is 37.8 Å². The van der Waals surface area contributed by atoms with Crippen LogP contribution in [0.2, 0.25) is 0 Å². The first-order valence-corrected chi connectivity index (χ1v) is 7.33. The minimum absolute atomic E-state index is 0.194. The molecule has 2 aromatic heterocycles. The Kier molecular flexibility index (Phi) is 5.10. The molecule has 2 rings (SSSR count). The third kappa shape index (κ3) is 4.04. The minimum atomic E-state index is 0.194. The number of halogens is 1. The quantitative estimate of drug-likeness (QED) is 0.607. The first-order chi connectivity index (χ1) is 8.75. The fraction of sp³-hybridized carbons (Fsp3) is 0.333. The lowest BCUT2D eigenvalue weighted by molar-refractivity contribution is 0.0986. The van der Waals surface area contributed by atoms with Crippen molar-refractivity contribution in [1.29, 1.82) is 0 Å². The highest BCUT2D eigenvalue weighted by atomic mass is 79.9. The lowest BCUT2D eigenvalue weighted by Gasteiger charge is -2.02. The van der Waals surface area contributed by atoms with Gasteiger partial charge in [-0.3, -0.25) is 4.79 Å². The molecular formula is C12H14BrN3OS. The zero-order valence-electron chi connectivity index (χ0n) is 9.78. The van der Waals surface area contributed by atoms with Crippen LogP contribution in [0.1, 0.15) is 21.8 Å². The van der Waals surface area contributed by atoms with Crippen LogP contribution in [0, 0.1) is 0 Å². The summed E-state index contributed by atoms with van der Waals surface area (Å²) in [6, 6.07) is 3.77. The molecule has 0 aromatic carbocycles. The van der Waals surface area contributed by atoms with Gasteiger partial charge in [0.15, 0.2) is 5.78 Å². The molecule has 0 amide bonds. The molecular weight excluding hydrogens is 314 g/mol. The zero-order chi connectivity index (χ0) is 12.8. The van der Waals surface area contributed by atoms with Crippen molar-refractivity contribution in [2.24, 2.45) is 0 Å². The summed E-state index contributed by atoms with van der Waals surface area (Å²) in [5, 5.41) is 3.26. The van der Waals surface area contributed by atoms with Gasteiger partial charge in [-0.1, -0.05) is 0 Å². The number of rotatable bonds is 7. The summed E-state index contributed by atoms with van der Waals surface area (Å²) in [5.41, 5.74) is 1.11. The van der Waals surface area contributed by atoms with Crippen molar-refractivity contribution in [3.8, 4) is 0 Å². The molecule has 0 aliphatic rings. The maximum absolute atomic E-state index is 11.8. The van der Waals surface area contributed by atoms with Crippen LogP contribution in [0.15, 0.2) is 28.4 Å². The first kappa shape index (κ1) is 13.5. The smallest absolute Gasteiger partial charge is 0.174 e. The molecule has 18 heavy (non-hydrogen) atoms. The third-order valence-electron chi connectivity index (χ3n) is 2.50. The molecule has 0 unspecified atom stereocenters. The van der Waals surface area contributed by atoms with Gasteiger partial charge in [0.2, 0.25) is 0 Å². The Labute approximate surface area is 118 Å². The molecule has 0 saturated heterocycles.